The molecule has 2 aromatic rings. The van der Waals surface area contributed by atoms with E-state index in [1.54, 1.807) is 24.0 Å². The molecular formula is C24H27ClFNO4. The zero-order chi connectivity index (χ0) is 22.4. The van der Waals surface area contributed by atoms with Crippen molar-refractivity contribution in [2.75, 3.05) is 13.1 Å². The highest BCUT2D eigenvalue weighted by atomic mass is 35.5. The third-order valence-corrected chi connectivity index (χ3v) is 5.85. The van der Waals surface area contributed by atoms with Crippen molar-refractivity contribution in [1.82, 2.24) is 4.90 Å². The quantitative estimate of drug-likeness (QED) is 0.546. The molecule has 0 saturated carbocycles. The molecule has 4 rings (SSSR count). The largest absolute Gasteiger partial charge is 0.444 e. The lowest BCUT2D eigenvalue weighted by Crippen LogP contribution is -2.41. The van der Waals surface area contributed by atoms with Crippen molar-refractivity contribution in [3.63, 3.8) is 0 Å². The Hall–Kier alpha value is -2.47. The van der Waals surface area contributed by atoms with Crippen LogP contribution in [0.25, 0.3) is 0 Å². The van der Waals surface area contributed by atoms with Gasteiger partial charge < -0.3 is 19.1 Å². The van der Waals surface area contributed by atoms with Gasteiger partial charge in [0, 0.05) is 30.6 Å². The van der Waals surface area contributed by atoms with Crippen LogP contribution in [0.15, 0.2) is 36.4 Å². The minimum atomic E-state index is -1.27. The van der Waals surface area contributed by atoms with Gasteiger partial charge in [0.25, 0.3) is 5.79 Å². The fourth-order valence-electron chi connectivity index (χ4n) is 4.14. The molecule has 0 aromatic heterocycles. The van der Waals surface area contributed by atoms with Crippen molar-refractivity contribution in [3.8, 4) is 11.5 Å². The van der Waals surface area contributed by atoms with Gasteiger partial charge in [0.2, 0.25) is 0 Å². The first-order valence-corrected chi connectivity index (χ1v) is 10.9. The molecule has 1 amide bonds. The predicted molar refractivity (Wildman–Crippen MR) is 116 cm³/mol. The number of benzene rings is 2. The smallest absolute Gasteiger partial charge is 0.410 e. The van der Waals surface area contributed by atoms with Gasteiger partial charge >= 0.3 is 6.09 Å². The highest BCUT2D eigenvalue weighted by Crippen LogP contribution is 2.49. The number of carbonyl (C=O) groups is 1. The Balaban J connectivity index is 1.51. The van der Waals surface area contributed by atoms with Crippen LogP contribution < -0.4 is 9.47 Å². The SMILES string of the molecule is CC(C)(C)OC(=O)N1CCC(c2cccc3c2OC(C)(c2ccc(Cl)cc2F)O3)CC1. The summed E-state index contributed by atoms with van der Waals surface area (Å²) < 4.78 is 32.3. The van der Waals surface area contributed by atoms with Crippen LogP contribution in [0.4, 0.5) is 9.18 Å². The van der Waals surface area contributed by atoms with Gasteiger partial charge in [-0.2, -0.15) is 0 Å². The van der Waals surface area contributed by atoms with E-state index in [1.807, 2.05) is 39.0 Å². The van der Waals surface area contributed by atoms with Crippen LogP contribution in [0.5, 0.6) is 11.5 Å². The van der Waals surface area contributed by atoms with Gasteiger partial charge in [-0.15, -0.1) is 0 Å². The number of para-hydroxylation sites is 1. The number of fused-ring (bicyclic) bond motifs is 1. The fourth-order valence-corrected chi connectivity index (χ4v) is 4.30. The number of amides is 1. The van der Waals surface area contributed by atoms with E-state index < -0.39 is 17.2 Å². The highest BCUT2D eigenvalue weighted by molar-refractivity contribution is 6.30. The molecule has 0 N–H and O–H groups in total. The number of carbonyl (C=O) groups excluding carboxylic acids is 1. The number of hydrogen-bond acceptors (Lipinski definition) is 4. The normalized spacial score (nSPS) is 21.3. The van der Waals surface area contributed by atoms with E-state index in [-0.39, 0.29) is 12.0 Å². The highest BCUT2D eigenvalue weighted by Gasteiger charge is 2.43. The molecule has 2 heterocycles. The van der Waals surface area contributed by atoms with Crippen molar-refractivity contribution in [2.24, 2.45) is 0 Å². The molecule has 0 spiro atoms. The molecule has 5 nitrogen and oxygen atoms in total. The molecule has 1 fully saturated rings. The van der Waals surface area contributed by atoms with Crippen LogP contribution in [-0.2, 0) is 10.5 Å². The number of ether oxygens (including phenoxy) is 3. The second kappa shape index (κ2) is 7.90. The zero-order valence-electron chi connectivity index (χ0n) is 18.2. The van der Waals surface area contributed by atoms with Gasteiger partial charge in [-0.3, -0.25) is 0 Å². The van der Waals surface area contributed by atoms with E-state index in [9.17, 15) is 9.18 Å². The van der Waals surface area contributed by atoms with Crippen LogP contribution in [0.1, 0.15) is 57.6 Å². The molecule has 2 aliphatic heterocycles. The lowest BCUT2D eigenvalue weighted by atomic mass is 9.89. The van der Waals surface area contributed by atoms with Gasteiger partial charge in [-0.05, 0) is 63.8 Å². The number of nitrogens with zero attached hydrogens (tertiary/aromatic N) is 1. The second-order valence-corrected chi connectivity index (χ2v) is 9.63. The Morgan fingerprint density at radius 2 is 1.90 bits per heavy atom. The van der Waals surface area contributed by atoms with E-state index in [2.05, 4.69) is 0 Å². The summed E-state index contributed by atoms with van der Waals surface area (Å²) in [6.07, 6.45) is 1.28. The minimum absolute atomic E-state index is 0.203. The lowest BCUT2D eigenvalue weighted by Gasteiger charge is -2.34. The minimum Gasteiger partial charge on any atom is -0.444 e. The van der Waals surface area contributed by atoms with Gasteiger partial charge in [0.05, 0.1) is 5.56 Å². The van der Waals surface area contributed by atoms with Gasteiger partial charge in [-0.25, -0.2) is 9.18 Å². The molecule has 0 radical (unpaired) electrons. The summed E-state index contributed by atoms with van der Waals surface area (Å²) in [5.74, 6) is -0.326. The summed E-state index contributed by atoms with van der Waals surface area (Å²) in [4.78, 5) is 14.1. The Bertz CT molecular complexity index is 998. The number of hydrogen-bond donors (Lipinski definition) is 0. The van der Waals surface area contributed by atoms with Crippen molar-refractivity contribution in [1.29, 1.82) is 0 Å². The average molecular weight is 448 g/mol. The zero-order valence-corrected chi connectivity index (χ0v) is 19.0. The molecule has 2 aliphatic rings. The number of halogens is 2. The first kappa shape index (κ1) is 21.8. The second-order valence-electron chi connectivity index (χ2n) is 9.19. The van der Waals surface area contributed by atoms with Gasteiger partial charge in [0.1, 0.15) is 11.4 Å². The van der Waals surface area contributed by atoms with Crippen molar-refractivity contribution < 1.29 is 23.4 Å². The van der Waals surface area contributed by atoms with Crippen LogP contribution in [0.3, 0.4) is 0 Å². The van der Waals surface area contributed by atoms with E-state index in [4.69, 9.17) is 25.8 Å². The topological polar surface area (TPSA) is 48.0 Å². The third-order valence-electron chi connectivity index (χ3n) is 5.62. The van der Waals surface area contributed by atoms with Crippen LogP contribution in [0.2, 0.25) is 5.02 Å². The van der Waals surface area contributed by atoms with Gasteiger partial charge in [-0.1, -0.05) is 23.7 Å². The fraction of sp³-hybridized carbons (Fsp3) is 0.458. The van der Waals surface area contributed by atoms with E-state index >= 15 is 0 Å². The van der Waals surface area contributed by atoms with E-state index in [0.29, 0.717) is 35.2 Å². The Morgan fingerprint density at radius 3 is 2.55 bits per heavy atom. The Kier molecular flexibility index (Phi) is 5.54. The first-order chi connectivity index (χ1) is 14.6. The Morgan fingerprint density at radius 1 is 1.19 bits per heavy atom. The Labute approximate surface area is 187 Å². The van der Waals surface area contributed by atoms with Crippen molar-refractivity contribution in [2.45, 2.75) is 57.8 Å². The molecule has 1 saturated heterocycles. The molecule has 0 aliphatic carbocycles. The standard InChI is InChI=1S/C24H27ClFNO4/c1-23(2,3)31-22(28)27-12-10-15(11-13-27)17-6-5-7-20-21(17)30-24(4,29-20)18-9-8-16(25)14-19(18)26/h5-9,14-15H,10-13H2,1-4H3. The van der Waals surface area contributed by atoms with Gasteiger partial charge in [0.15, 0.2) is 11.5 Å². The monoisotopic (exact) mass is 447 g/mol. The van der Waals surface area contributed by atoms with E-state index in [1.165, 1.54) is 6.07 Å². The maximum atomic E-state index is 14.6. The van der Waals surface area contributed by atoms with Crippen LogP contribution in [0, 0.1) is 5.82 Å². The molecule has 31 heavy (non-hydrogen) atoms. The summed E-state index contributed by atoms with van der Waals surface area (Å²) in [5.41, 5.74) is 0.791. The summed E-state index contributed by atoms with van der Waals surface area (Å²) >= 11 is 5.90. The molecule has 1 unspecified atom stereocenters. The maximum absolute atomic E-state index is 14.6. The molecule has 7 heteroatoms. The summed E-state index contributed by atoms with van der Waals surface area (Å²) in [7, 11) is 0. The van der Waals surface area contributed by atoms with Crippen LogP contribution >= 0.6 is 11.6 Å². The first-order valence-electron chi connectivity index (χ1n) is 10.5. The van der Waals surface area contributed by atoms with Crippen molar-refractivity contribution >= 4 is 17.7 Å². The number of likely N-dealkylation sites (tertiary alicyclic amines) is 1. The molecule has 1 atom stereocenters. The molecular weight excluding hydrogens is 421 g/mol. The lowest BCUT2D eigenvalue weighted by molar-refractivity contribution is -0.0711. The van der Waals surface area contributed by atoms with Crippen LogP contribution in [-0.4, -0.2) is 29.7 Å². The molecule has 166 valence electrons. The average Bonchev–Trinajstić information content (AvgIpc) is 3.03. The maximum Gasteiger partial charge on any atom is 0.410 e. The molecule has 0 bridgehead atoms. The number of rotatable bonds is 2. The summed E-state index contributed by atoms with van der Waals surface area (Å²) in [5, 5.41) is 0.317. The predicted octanol–water partition coefficient (Wildman–Crippen LogP) is 6.24. The summed E-state index contributed by atoms with van der Waals surface area (Å²) in [6.45, 7) is 8.50. The third kappa shape index (κ3) is 4.45. The van der Waals surface area contributed by atoms with Crippen molar-refractivity contribution in [3.05, 3.63) is 58.4 Å². The summed E-state index contributed by atoms with van der Waals surface area (Å²) in [6, 6.07) is 10.2. The number of piperidine rings is 1. The van der Waals surface area contributed by atoms with E-state index in [0.717, 1.165) is 18.4 Å². The molecule has 2 aromatic carbocycles.